The maximum atomic E-state index is 13.1. The lowest BCUT2D eigenvalue weighted by Gasteiger charge is -2.24. The Hall–Kier alpha value is -2.92. The first-order valence-corrected chi connectivity index (χ1v) is 8.94. The first kappa shape index (κ1) is 17.5. The fraction of sp³-hybridized carbons (Fsp3) is 0.143. The van der Waals surface area contributed by atoms with E-state index in [1.807, 2.05) is 12.1 Å². The molecule has 0 spiro atoms. The third-order valence-electron chi connectivity index (χ3n) is 4.53. The zero-order valence-electron chi connectivity index (χ0n) is 14.4. The van der Waals surface area contributed by atoms with Gasteiger partial charge in [-0.1, -0.05) is 28.9 Å². The molecule has 2 aromatic carbocycles. The molecule has 27 heavy (non-hydrogen) atoms. The first-order chi connectivity index (χ1) is 13.1. The van der Waals surface area contributed by atoms with E-state index in [-0.39, 0.29) is 11.7 Å². The predicted molar refractivity (Wildman–Crippen MR) is 102 cm³/mol. The zero-order valence-corrected chi connectivity index (χ0v) is 15.1. The fourth-order valence-electron chi connectivity index (χ4n) is 3.13. The number of halogens is 2. The van der Waals surface area contributed by atoms with Gasteiger partial charge in [-0.05, 0) is 54.5 Å². The van der Waals surface area contributed by atoms with Crippen molar-refractivity contribution in [1.29, 1.82) is 0 Å². The largest absolute Gasteiger partial charge is 0.356 e. The van der Waals surface area contributed by atoms with Gasteiger partial charge in [0.2, 0.25) is 5.91 Å². The summed E-state index contributed by atoms with van der Waals surface area (Å²) in [7, 11) is 0. The molecule has 0 radical (unpaired) electrons. The van der Waals surface area contributed by atoms with Gasteiger partial charge in [-0.2, -0.15) is 0 Å². The van der Waals surface area contributed by atoms with Gasteiger partial charge >= 0.3 is 0 Å². The summed E-state index contributed by atoms with van der Waals surface area (Å²) in [6.45, 7) is 0.958. The van der Waals surface area contributed by atoms with Crippen LogP contribution in [0.5, 0.6) is 0 Å². The summed E-state index contributed by atoms with van der Waals surface area (Å²) >= 11 is 5.96. The minimum absolute atomic E-state index is 0.0908. The smallest absolute Gasteiger partial charge is 0.246 e. The summed E-state index contributed by atoms with van der Waals surface area (Å²) in [5.41, 5.74) is 3.37. The number of amides is 1. The normalized spacial score (nSPS) is 13.8. The van der Waals surface area contributed by atoms with E-state index in [0.29, 0.717) is 30.3 Å². The van der Waals surface area contributed by atoms with Crippen molar-refractivity contribution in [1.82, 2.24) is 10.1 Å². The lowest BCUT2D eigenvalue weighted by Crippen LogP contribution is -2.34. The van der Waals surface area contributed by atoms with E-state index < -0.39 is 0 Å². The number of carbonyl (C=O) groups excluding carboxylic acids is 1. The van der Waals surface area contributed by atoms with Crippen LogP contribution in [0.4, 0.5) is 4.39 Å². The summed E-state index contributed by atoms with van der Waals surface area (Å²) in [4.78, 5) is 14.2. The van der Waals surface area contributed by atoms with Gasteiger partial charge in [-0.25, -0.2) is 4.39 Å². The lowest BCUT2D eigenvalue weighted by molar-refractivity contribution is -0.126. The average Bonchev–Trinajstić information content (AvgIpc) is 3.10. The van der Waals surface area contributed by atoms with Crippen molar-refractivity contribution in [2.75, 3.05) is 6.54 Å². The summed E-state index contributed by atoms with van der Waals surface area (Å²) in [5, 5.41) is 4.74. The minimum atomic E-state index is -0.296. The molecule has 4 rings (SSSR count). The molecular weight excluding hydrogens is 367 g/mol. The van der Waals surface area contributed by atoms with Crippen molar-refractivity contribution < 1.29 is 13.7 Å². The molecule has 1 aliphatic rings. The van der Waals surface area contributed by atoms with Crippen LogP contribution in [-0.4, -0.2) is 22.5 Å². The van der Waals surface area contributed by atoms with Crippen LogP contribution in [0.1, 0.15) is 16.8 Å². The van der Waals surface area contributed by atoms with Gasteiger partial charge < -0.3 is 9.42 Å². The highest BCUT2D eigenvalue weighted by Crippen LogP contribution is 2.30. The highest BCUT2D eigenvalue weighted by atomic mass is 35.5. The van der Waals surface area contributed by atoms with Crippen LogP contribution in [0.3, 0.4) is 0 Å². The predicted octanol–water partition coefficient (Wildman–Crippen LogP) is 4.73. The Morgan fingerprint density at radius 3 is 2.81 bits per heavy atom. The van der Waals surface area contributed by atoms with Gasteiger partial charge in [0.05, 0.1) is 6.54 Å². The van der Waals surface area contributed by atoms with Crippen molar-refractivity contribution >= 4 is 23.6 Å². The average molecular weight is 383 g/mol. The van der Waals surface area contributed by atoms with E-state index >= 15 is 0 Å². The first-order valence-electron chi connectivity index (χ1n) is 8.56. The molecule has 0 atom stereocenters. The zero-order chi connectivity index (χ0) is 18.8. The number of hydrogen-bond acceptors (Lipinski definition) is 3. The topological polar surface area (TPSA) is 46.3 Å². The van der Waals surface area contributed by atoms with Crippen molar-refractivity contribution in [2.45, 2.75) is 13.0 Å². The fourth-order valence-corrected chi connectivity index (χ4v) is 3.33. The van der Waals surface area contributed by atoms with E-state index in [4.69, 9.17) is 16.1 Å². The SMILES string of the molecule is O=C(/C=C/c1cccc(Cl)c1)N1CCc2c(noc2-c2ccc(F)cc2)C1. The Bertz CT molecular complexity index is 1010. The molecule has 4 nitrogen and oxygen atoms in total. The molecule has 0 aliphatic carbocycles. The van der Waals surface area contributed by atoms with E-state index in [1.54, 1.807) is 35.2 Å². The quantitative estimate of drug-likeness (QED) is 0.615. The van der Waals surface area contributed by atoms with E-state index in [1.165, 1.54) is 18.2 Å². The third-order valence-corrected chi connectivity index (χ3v) is 4.76. The standard InChI is InChI=1S/C21H16ClFN2O2/c22-16-3-1-2-14(12-16)4-9-20(26)25-11-10-18-19(13-25)24-27-21(18)15-5-7-17(23)8-6-15/h1-9,12H,10-11,13H2/b9-4+. The molecule has 1 aliphatic heterocycles. The second kappa shape index (κ2) is 7.37. The number of carbonyl (C=O) groups is 1. The number of fused-ring (bicyclic) bond motifs is 1. The van der Waals surface area contributed by atoms with Crippen LogP contribution in [-0.2, 0) is 17.8 Å². The molecular formula is C21H16ClFN2O2. The molecule has 0 N–H and O–H groups in total. The minimum Gasteiger partial charge on any atom is -0.356 e. The van der Waals surface area contributed by atoms with Crippen molar-refractivity contribution in [3.8, 4) is 11.3 Å². The number of hydrogen-bond donors (Lipinski definition) is 0. The van der Waals surface area contributed by atoms with Gasteiger partial charge in [-0.15, -0.1) is 0 Å². The van der Waals surface area contributed by atoms with Gasteiger partial charge in [0.15, 0.2) is 5.76 Å². The van der Waals surface area contributed by atoms with Crippen LogP contribution >= 0.6 is 11.6 Å². The summed E-state index contributed by atoms with van der Waals surface area (Å²) in [5.74, 6) is 0.258. The maximum Gasteiger partial charge on any atom is 0.246 e. The number of aromatic nitrogens is 1. The number of rotatable bonds is 3. The van der Waals surface area contributed by atoms with E-state index in [0.717, 1.165) is 22.4 Å². The molecule has 0 unspecified atom stereocenters. The Morgan fingerprint density at radius 1 is 1.22 bits per heavy atom. The van der Waals surface area contributed by atoms with E-state index in [9.17, 15) is 9.18 Å². The van der Waals surface area contributed by atoms with Crippen LogP contribution in [0, 0.1) is 5.82 Å². The van der Waals surface area contributed by atoms with Crippen molar-refractivity contribution in [3.63, 3.8) is 0 Å². The molecule has 6 heteroatoms. The molecule has 0 saturated carbocycles. The molecule has 0 fully saturated rings. The summed E-state index contributed by atoms with van der Waals surface area (Å²) < 4.78 is 18.6. The van der Waals surface area contributed by atoms with Gasteiger partial charge in [0, 0.05) is 28.8 Å². The molecule has 1 amide bonds. The second-order valence-electron chi connectivity index (χ2n) is 6.34. The monoisotopic (exact) mass is 382 g/mol. The highest BCUT2D eigenvalue weighted by Gasteiger charge is 2.26. The molecule has 3 aromatic rings. The number of benzene rings is 2. The van der Waals surface area contributed by atoms with Crippen LogP contribution in [0.25, 0.3) is 17.4 Å². The molecule has 0 saturated heterocycles. The third kappa shape index (κ3) is 3.78. The lowest BCUT2D eigenvalue weighted by atomic mass is 10.0. The Kier molecular flexibility index (Phi) is 4.77. The highest BCUT2D eigenvalue weighted by molar-refractivity contribution is 6.30. The van der Waals surface area contributed by atoms with Crippen molar-refractivity contribution in [2.24, 2.45) is 0 Å². The molecule has 1 aromatic heterocycles. The molecule has 0 bridgehead atoms. The molecule has 136 valence electrons. The van der Waals surface area contributed by atoms with Gasteiger partial charge in [0.25, 0.3) is 0 Å². The second-order valence-corrected chi connectivity index (χ2v) is 6.78. The van der Waals surface area contributed by atoms with Crippen LogP contribution in [0.2, 0.25) is 5.02 Å². The Balaban J connectivity index is 1.49. The van der Waals surface area contributed by atoms with E-state index in [2.05, 4.69) is 5.16 Å². The summed E-state index contributed by atoms with van der Waals surface area (Å²) in [6.07, 6.45) is 3.93. The maximum absolute atomic E-state index is 13.1. The van der Waals surface area contributed by atoms with Gasteiger partial charge in [-0.3, -0.25) is 4.79 Å². The number of nitrogens with zero attached hydrogens (tertiary/aromatic N) is 2. The van der Waals surface area contributed by atoms with Crippen LogP contribution < -0.4 is 0 Å². The Labute approximate surface area is 160 Å². The molecule has 2 heterocycles. The summed E-state index contributed by atoms with van der Waals surface area (Å²) in [6, 6.07) is 13.4. The van der Waals surface area contributed by atoms with Gasteiger partial charge in [0.1, 0.15) is 11.5 Å². The van der Waals surface area contributed by atoms with Crippen molar-refractivity contribution in [3.05, 3.63) is 82.3 Å². The Morgan fingerprint density at radius 2 is 2.04 bits per heavy atom. The van der Waals surface area contributed by atoms with Crippen LogP contribution in [0.15, 0.2) is 59.1 Å².